The summed E-state index contributed by atoms with van der Waals surface area (Å²) in [5, 5.41) is 0. The molecule has 0 saturated carbocycles. The second kappa shape index (κ2) is 7.61. The Labute approximate surface area is 147 Å². The zero-order valence-electron chi connectivity index (χ0n) is 14.8. The molecule has 1 fully saturated rings. The monoisotopic (exact) mass is 340 g/mol. The van der Waals surface area contributed by atoms with Gasteiger partial charge in [-0.25, -0.2) is 4.98 Å². The van der Waals surface area contributed by atoms with Crippen molar-refractivity contribution in [3.63, 3.8) is 0 Å². The fraction of sp³-hybridized carbons (Fsp3) is 0.421. The van der Waals surface area contributed by atoms with E-state index in [4.69, 9.17) is 0 Å². The fourth-order valence-electron chi connectivity index (χ4n) is 3.28. The lowest BCUT2D eigenvalue weighted by Gasteiger charge is -2.22. The lowest BCUT2D eigenvalue weighted by Crippen LogP contribution is -2.33. The zero-order chi connectivity index (χ0) is 17.8. The quantitative estimate of drug-likeness (QED) is 0.925. The molecule has 1 aromatic carbocycles. The molecule has 1 N–H and O–H groups in total. The van der Waals surface area contributed by atoms with E-state index < -0.39 is 0 Å². The van der Waals surface area contributed by atoms with Gasteiger partial charge in [0.15, 0.2) is 0 Å². The van der Waals surface area contributed by atoms with Crippen LogP contribution in [0.25, 0.3) is 11.4 Å². The van der Waals surface area contributed by atoms with Gasteiger partial charge in [0.25, 0.3) is 5.56 Å². The third-order valence-electron chi connectivity index (χ3n) is 4.57. The molecule has 3 rings (SSSR count). The van der Waals surface area contributed by atoms with Gasteiger partial charge < -0.3 is 9.88 Å². The second-order valence-electron chi connectivity index (χ2n) is 6.53. The highest BCUT2D eigenvalue weighted by atomic mass is 16.2. The zero-order valence-corrected chi connectivity index (χ0v) is 14.8. The topological polar surface area (TPSA) is 69.3 Å². The highest BCUT2D eigenvalue weighted by Crippen LogP contribution is 2.21. The Balaban J connectivity index is 1.82. The number of hydrogen-bond donors (Lipinski definition) is 1. The van der Waals surface area contributed by atoms with Gasteiger partial charge in [0.05, 0.1) is 0 Å². The molecule has 1 aliphatic heterocycles. The van der Waals surface area contributed by atoms with Crippen molar-refractivity contribution in [2.75, 3.05) is 26.2 Å². The van der Waals surface area contributed by atoms with E-state index in [2.05, 4.69) is 20.9 Å². The summed E-state index contributed by atoms with van der Waals surface area (Å²) >= 11 is 0. The van der Waals surface area contributed by atoms with Crippen LogP contribution in [0.2, 0.25) is 0 Å². The maximum absolute atomic E-state index is 11.8. The first kappa shape index (κ1) is 17.4. The molecule has 1 saturated heterocycles. The minimum Gasteiger partial charge on any atom is -0.342 e. The van der Waals surface area contributed by atoms with Gasteiger partial charge in [0.2, 0.25) is 5.91 Å². The molecule has 6 heteroatoms. The highest BCUT2D eigenvalue weighted by molar-refractivity contribution is 5.73. The molecule has 0 unspecified atom stereocenters. The van der Waals surface area contributed by atoms with Gasteiger partial charge in [-0.3, -0.25) is 14.5 Å². The Bertz CT molecular complexity index is 815. The first-order chi connectivity index (χ1) is 12.0. The molecule has 0 bridgehead atoms. The smallest absolute Gasteiger partial charge is 0.251 e. The number of nitrogens with zero attached hydrogens (tertiary/aromatic N) is 3. The van der Waals surface area contributed by atoms with Crippen LogP contribution in [0.5, 0.6) is 0 Å². The van der Waals surface area contributed by atoms with Crippen molar-refractivity contribution in [1.82, 2.24) is 19.8 Å². The number of carbonyl (C=O) groups excluding carboxylic acids is 1. The molecular formula is C19H24N4O2. The normalized spacial score (nSPS) is 15.8. The van der Waals surface area contributed by atoms with Crippen LogP contribution in [0.1, 0.15) is 24.6 Å². The van der Waals surface area contributed by atoms with Crippen LogP contribution in [0.15, 0.2) is 35.1 Å². The summed E-state index contributed by atoms with van der Waals surface area (Å²) in [5.74, 6) is 0.754. The summed E-state index contributed by atoms with van der Waals surface area (Å²) in [5.41, 5.74) is 2.66. The number of benzene rings is 1. The van der Waals surface area contributed by atoms with E-state index in [9.17, 15) is 9.59 Å². The second-order valence-corrected chi connectivity index (χ2v) is 6.53. The molecule has 0 spiro atoms. The molecule has 2 aromatic rings. The van der Waals surface area contributed by atoms with E-state index in [1.807, 2.05) is 30.0 Å². The Morgan fingerprint density at radius 2 is 2.00 bits per heavy atom. The lowest BCUT2D eigenvalue weighted by atomic mass is 10.1. The van der Waals surface area contributed by atoms with Crippen LogP contribution >= 0.6 is 0 Å². The van der Waals surface area contributed by atoms with E-state index in [-0.39, 0.29) is 11.5 Å². The molecule has 1 aromatic heterocycles. The molecule has 0 aliphatic carbocycles. The van der Waals surface area contributed by atoms with Crippen LogP contribution < -0.4 is 5.56 Å². The Kier molecular flexibility index (Phi) is 5.28. The molecule has 132 valence electrons. The Morgan fingerprint density at radius 1 is 1.20 bits per heavy atom. The van der Waals surface area contributed by atoms with Gasteiger partial charge in [-0.05, 0) is 18.9 Å². The molecule has 0 radical (unpaired) electrons. The first-order valence-corrected chi connectivity index (χ1v) is 8.67. The molecule has 6 nitrogen and oxygen atoms in total. The summed E-state index contributed by atoms with van der Waals surface area (Å²) in [7, 11) is 0. The number of aromatic nitrogens is 2. The van der Waals surface area contributed by atoms with Gasteiger partial charge in [0.1, 0.15) is 5.82 Å². The van der Waals surface area contributed by atoms with Gasteiger partial charge in [-0.2, -0.15) is 0 Å². The molecular weight excluding hydrogens is 316 g/mol. The summed E-state index contributed by atoms with van der Waals surface area (Å²) in [4.78, 5) is 35.0. The van der Waals surface area contributed by atoms with Crippen molar-refractivity contribution >= 4 is 5.91 Å². The van der Waals surface area contributed by atoms with Crippen LogP contribution in [-0.4, -0.2) is 51.9 Å². The molecule has 1 aliphatic rings. The van der Waals surface area contributed by atoms with E-state index in [1.165, 1.54) is 6.07 Å². The SMILES string of the molecule is CC(=O)N1CCCN(Cc2ccccc2-c2nc(C)cc(=O)[nH]2)CC1. The Hall–Kier alpha value is -2.47. The largest absolute Gasteiger partial charge is 0.342 e. The molecule has 0 atom stereocenters. The lowest BCUT2D eigenvalue weighted by molar-refractivity contribution is -0.128. The number of aromatic amines is 1. The van der Waals surface area contributed by atoms with Gasteiger partial charge in [0, 0.05) is 57.0 Å². The van der Waals surface area contributed by atoms with Crippen molar-refractivity contribution in [2.24, 2.45) is 0 Å². The molecule has 25 heavy (non-hydrogen) atoms. The number of nitrogens with one attached hydrogen (secondary N) is 1. The maximum atomic E-state index is 11.8. The summed E-state index contributed by atoms with van der Waals surface area (Å²) in [6.07, 6.45) is 0.973. The molecule has 2 heterocycles. The van der Waals surface area contributed by atoms with Gasteiger partial charge in [-0.15, -0.1) is 0 Å². The minimum atomic E-state index is -0.135. The predicted molar refractivity (Wildman–Crippen MR) is 97.2 cm³/mol. The van der Waals surface area contributed by atoms with Crippen LogP contribution in [0.3, 0.4) is 0 Å². The van der Waals surface area contributed by atoms with Crippen molar-refractivity contribution in [1.29, 1.82) is 0 Å². The summed E-state index contributed by atoms with van der Waals surface area (Å²) in [6.45, 7) is 7.62. The van der Waals surface area contributed by atoms with Gasteiger partial charge >= 0.3 is 0 Å². The molecule has 1 amide bonds. The minimum absolute atomic E-state index is 0.135. The number of rotatable bonds is 3. The van der Waals surface area contributed by atoms with Crippen molar-refractivity contribution in [2.45, 2.75) is 26.8 Å². The van der Waals surface area contributed by atoms with Crippen molar-refractivity contribution in [3.8, 4) is 11.4 Å². The Morgan fingerprint density at radius 3 is 2.76 bits per heavy atom. The number of hydrogen-bond acceptors (Lipinski definition) is 4. The number of carbonyl (C=O) groups is 1. The third kappa shape index (κ3) is 4.33. The fourth-order valence-corrected chi connectivity index (χ4v) is 3.28. The van der Waals surface area contributed by atoms with E-state index >= 15 is 0 Å². The van der Waals surface area contributed by atoms with Crippen LogP contribution in [-0.2, 0) is 11.3 Å². The van der Waals surface area contributed by atoms with Gasteiger partial charge in [-0.1, -0.05) is 24.3 Å². The van der Waals surface area contributed by atoms with Crippen molar-refractivity contribution in [3.05, 3.63) is 51.9 Å². The van der Waals surface area contributed by atoms with E-state index in [0.29, 0.717) is 11.5 Å². The van der Waals surface area contributed by atoms with E-state index in [0.717, 1.165) is 50.3 Å². The standard InChI is InChI=1S/C19H24N4O2/c1-14-12-18(25)21-19(20-14)17-7-4-3-6-16(17)13-22-8-5-9-23(11-10-22)15(2)24/h3-4,6-7,12H,5,8-11,13H2,1-2H3,(H,20,21,25). The third-order valence-corrected chi connectivity index (χ3v) is 4.57. The van der Waals surface area contributed by atoms with Crippen molar-refractivity contribution < 1.29 is 4.79 Å². The summed E-state index contributed by atoms with van der Waals surface area (Å²) in [6, 6.07) is 9.53. The van der Waals surface area contributed by atoms with Crippen LogP contribution in [0, 0.1) is 6.92 Å². The van der Waals surface area contributed by atoms with E-state index in [1.54, 1.807) is 6.92 Å². The number of aryl methyl sites for hydroxylation is 1. The number of H-pyrrole nitrogens is 1. The predicted octanol–water partition coefficient (Wildman–Crippen LogP) is 1.80. The maximum Gasteiger partial charge on any atom is 0.251 e. The average Bonchev–Trinajstić information content (AvgIpc) is 2.80. The summed E-state index contributed by atoms with van der Waals surface area (Å²) < 4.78 is 0. The first-order valence-electron chi connectivity index (χ1n) is 8.67. The number of amides is 1. The highest BCUT2D eigenvalue weighted by Gasteiger charge is 2.18. The van der Waals surface area contributed by atoms with Crippen LogP contribution in [0.4, 0.5) is 0 Å². The average molecular weight is 340 g/mol.